The van der Waals surface area contributed by atoms with E-state index < -0.39 is 0 Å². The Morgan fingerprint density at radius 3 is 2.85 bits per heavy atom. The molecule has 110 valence electrons. The first-order chi connectivity index (χ1) is 9.65. The smallest absolute Gasteiger partial charge is 0.253 e. The van der Waals surface area contributed by atoms with E-state index >= 15 is 0 Å². The number of carbonyl (C=O) groups is 1. The summed E-state index contributed by atoms with van der Waals surface area (Å²) >= 11 is 0. The maximum atomic E-state index is 12.3. The molecule has 0 spiro atoms. The van der Waals surface area contributed by atoms with Crippen LogP contribution in [0.4, 0.5) is 5.69 Å². The van der Waals surface area contributed by atoms with Crippen LogP contribution in [0.1, 0.15) is 36.0 Å². The number of hydrogen-bond donors (Lipinski definition) is 3. The number of aliphatic hydroxyl groups excluding tert-OH is 1. The number of anilines is 1. The van der Waals surface area contributed by atoms with Crippen molar-refractivity contribution >= 4 is 11.6 Å². The van der Waals surface area contributed by atoms with Crippen molar-refractivity contribution in [3.05, 3.63) is 23.8 Å². The Balaban J connectivity index is 2.07. The van der Waals surface area contributed by atoms with Gasteiger partial charge in [-0.1, -0.05) is 12.8 Å². The third-order valence-electron chi connectivity index (χ3n) is 3.96. The van der Waals surface area contributed by atoms with Crippen molar-refractivity contribution in [1.29, 1.82) is 0 Å². The number of rotatable bonds is 4. The molecule has 0 saturated heterocycles. The van der Waals surface area contributed by atoms with Gasteiger partial charge < -0.3 is 20.9 Å². The normalized spacial score (nSPS) is 22.3. The number of aliphatic hydroxyl groups is 1. The largest absolute Gasteiger partial charge is 0.497 e. The molecule has 0 aliphatic heterocycles. The van der Waals surface area contributed by atoms with Gasteiger partial charge in [-0.05, 0) is 25.0 Å². The van der Waals surface area contributed by atoms with Crippen LogP contribution in [0, 0.1) is 5.92 Å². The van der Waals surface area contributed by atoms with Crippen molar-refractivity contribution in [2.75, 3.05) is 19.5 Å². The molecule has 1 aliphatic carbocycles. The molecule has 1 aromatic carbocycles. The van der Waals surface area contributed by atoms with E-state index in [4.69, 9.17) is 10.5 Å². The summed E-state index contributed by atoms with van der Waals surface area (Å²) in [4.78, 5) is 12.3. The Morgan fingerprint density at radius 2 is 2.20 bits per heavy atom. The first kappa shape index (κ1) is 14.7. The zero-order valence-corrected chi connectivity index (χ0v) is 11.8. The standard InChI is InChI=1S/C15H22N2O3/c1-20-11-6-7-12(13(16)8-11)15(19)17-14-5-3-2-4-10(14)9-18/h6-8,10,14,18H,2-5,9,16H2,1H3,(H,17,19). The zero-order valence-electron chi connectivity index (χ0n) is 11.8. The topological polar surface area (TPSA) is 84.6 Å². The summed E-state index contributed by atoms with van der Waals surface area (Å²) < 4.78 is 5.07. The molecule has 4 N–H and O–H groups in total. The second-order valence-corrected chi connectivity index (χ2v) is 5.26. The maximum Gasteiger partial charge on any atom is 0.253 e. The van der Waals surface area contributed by atoms with Crippen molar-refractivity contribution in [2.24, 2.45) is 5.92 Å². The average Bonchev–Trinajstić information content (AvgIpc) is 2.47. The molecule has 2 rings (SSSR count). The van der Waals surface area contributed by atoms with E-state index in [1.807, 2.05) is 0 Å². The first-order valence-corrected chi connectivity index (χ1v) is 7.01. The van der Waals surface area contributed by atoms with Crippen LogP contribution < -0.4 is 15.8 Å². The van der Waals surface area contributed by atoms with Crippen LogP contribution in [0.3, 0.4) is 0 Å². The van der Waals surface area contributed by atoms with E-state index in [1.165, 1.54) is 0 Å². The van der Waals surface area contributed by atoms with E-state index in [2.05, 4.69) is 5.32 Å². The summed E-state index contributed by atoms with van der Waals surface area (Å²) in [6, 6.07) is 5.05. The SMILES string of the molecule is COc1ccc(C(=O)NC2CCCCC2CO)c(N)c1. The van der Waals surface area contributed by atoms with Gasteiger partial charge in [0.15, 0.2) is 0 Å². The van der Waals surface area contributed by atoms with Gasteiger partial charge in [-0.15, -0.1) is 0 Å². The van der Waals surface area contributed by atoms with Gasteiger partial charge in [0, 0.05) is 30.3 Å². The predicted octanol–water partition coefficient (Wildman–Crippen LogP) is 1.56. The van der Waals surface area contributed by atoms with Gasteiger partial charge in [0.1, 0.15) is 5.75 Å². The van der Waals surface area contributed by atoms with Gasteiger partial charge in [-0.2, -0.15) is 0 Å². The van der Waals surface area contributed by atoms with Gasteiger partial charge in [0.2, 0.25) is 0 Å². The van der Waals surface area contributed by atoms with Crippen molar-refractivity contribution in [3.63, 3.8) is 0 Å². The number of nitrogen functional groups attached to an aromatic ring is 1. The number of nitrogens with two attached hydrogens (primary N) is 1. The molecular weight excluding hydrogens is 256 g/mol. The summed E-state index contributed by atoms with van der Waals surface area (Å²) in [5.74, 6) is 0.590. The molecule has 0 radical (unpaired) electrons. The van der Waals surface area contributed by atoms with Crippen LogP contribution >= 0.6 is 0 Å². The molecule has 1 aromatic rings. The van der Waals surface area contributed by atoms with Crippen LogP contribution in [0.2, 0.25) is 0 Å². The number of hydrogen-bond acceptors (Lipinski definition) is 4. The van der Waals surface area contributed by atoms with Gasteiger partial charge >= 0.3 is 0 Å². The second kappa shape index (κ2) is 6.61. The Labute approximate surface area is 119 Å². The lowest BCUT2D eigenvalue weighted by Gasteiger charge is -2.31. The highest BCUT2D eigenvalue weighted by Crippen LogP contribution is 2.25. The van der Waals surface area contributed by atoms with Gasteiger partial charge in [-0.3, -0.25) is 4.79 Å². The van der Waals surface area contributed by atoms with Crippen molar-refractivity contribution < 1.29 is 14.6 Å². The van der Waals surface area contributed by atoms with Crippen molar-refractivity contribution in [3.8, 4) is 5.75 Å². The summed E-state index contributed by atoms with van der Waals surface area (Å²) in [5, 5.41) is 12.4. The Morgan fingerprint density at radius 1 is 1.45 bits per heavy atom. The molecule has 0 aromatic heterocycles. The molecule has 2 unspecified atom stereocenters. The average molecular weight is 278 g/mol. The molecular formula is C15H22N2O3. The monoisotopic (exact) mass is 278 g/mol. The summed E-state index contributed by atoms with van der Waals surface area (Å²) in [5.41, 5.74) is 6.73. The minimum Gasteiger partial charge on any atom is -0.497 e. The minimum atomic E-state index is -0.185. The highest BCUT2D eigenvalue weighted by Gasteiger charge is 2.26. The van der Waals surface area contributed by atoms with Crippen LogP contribution in [-0.2, 0) is 0 Å². The third-order valence-corrected chi connectivity index (χ3v) is 3.96. The number of methoxy groups -OCH3 is 1. The van der Waals surface area contributed by atoms with Gasteiger partial charge in [0.25, 0.3) is 5.91 Å². The number of amides is 1. The van der Waals surface area contributed by atoms with E-state index in [0.29, 0.717) is 17.0 Å². The number of nitrogens with one attached hydrogen (secondary N) is 1. The predicted molar refractivity (Wildman–Crippen MR) is 77.7 cm³/mol. The maximum absolute atomic E-state index is 12.3. The zero-order chi connectivity index (χ0) is 14.5. The Kier molecular flexibility index (Phi) is 4.84. The fourth-order valence-electron chi connectivity index (χ4n) is 2.74. The lowest BCUT2D eigenvalue weighted by molar-refractivity contribution is 0.0873. The quantitative estimate of drug-likeness (QED) is 0.730. The van der Waals surface area contributed by atoms with Crippen molar-refractivity contribution in [2.45, 2.75) is 31.7 Å². The number of benzene rings is 1. The Hall–Kier alpha value is -1.75. The highest BCUT2D eigenvalue weighted by molar-refractivity contribution is 5.99. The lowest BCUT2D eigenvalue weighted by Crippen LogP contribution is -2.43. The molecule has 0 heterocycles. The molecule has 0 bridgehead atoms. The summed E-state index contributed by atoms with van der Waals surface area (Å²) in [6.07, 6.45) is 4.06. The van der Waals surface area contributed by atoms with Crippen LogP contribution in [-0.4, -0.2) is 30.8 Å². The second-order valence-electron chi connectivity index (χ2n) is 5.26. The fourth-order valence-corrected chi connectivity index (χ4v) is 2.74. The van der Waals surface area contributed by atoms with Crippen LogP contribution in [0.25, 0.3) is 0 Å². The highest BCUT2D eigenvalue weighted by atomic mass is 16.5. The fraction of sp³-hybridized carbons (Fsp3) is 0.533. The summed E-state index contributed by atoms with van der Waals surface area (Å²) in [6.45, 7) is 0.114. The van der Waals surface area contributed by atoms with E-state index in [-0.39, 0.29) is 24.5 Å². The van der Waals surface area contributed by atoms with Crippen LogP contribution in [0.15, 0.2) is 18.2 Å². The molecule has 1 aliphatic rings. The molecule has 5 heteroatoms. The van der Waals surface area contributed by atoms with Gasteiger partial charge in [0.05, 0.1) is 12.7 Å². The Bertz CT molecular complexity index is 476. The molecule has 20 heavy (non-hydrogen) atoms. The van der Waals surface area contributed by atoms with Crippen molar-refractivity contribution in [1.82, 2.24) is 5.32 Å². The molecule has 5 nitrogen and oxygen atoms in total. The number of carbonyl (C=O) groups excluding carboxylic acids is 1. The number of ether oxygens (including phenoxy) is 1. The molecule has 1 amide bonds. The van der Waals surface area contributed by atoms with E-state index in [1.54, 1.807) is 25.3 Å². The van der Waals surface area contributed by atoms with Crippen LogP contribution in [0.5, 0.6) is 5.75 Å². The van der Waals surface area contributed by atoms with Gasteiger partial charge in [-0.25, -0.2) is 0 Å². The van der Waals surface area contributed by atoms with E-state index in [0.717, 1.165) is 25.7 Å². The van der Waals surface area contributed by atoms with E-state index in [9.17, 15) is 9.90 Å². The summed E-state index contributed by atoms with van der Waals surface area (Å²) in [7, 11) is 1.56. The molecule has 1 saturated carbocycles. The molecule has 1 fully saturated rings. The first-order valence-electron chi connectivity index (χ1n) is 7.01. The lowest BCUT2D eigenvalue weighted by atomic mass is 9.85. The molecule has 2 atom stereocenters. The minimum absolute atomic E-state index is 0.0303. The third kappa shape index (κ3) is 3.22.